The number of hydrogen-bond acceptors (Lipinski definition) is 5. The number of hydrogen-bond donors (Lipinski definition) is 0. The van der Waals surface area contributed by atoms with Crippen molar-refractivity contribution in [1.82, 2.24) is 0 Å². The van der Waals surface area contributed by atoms with Crippen LogP contribution in [-0.2, 0) is 11.4 Å². The quantitative estimate of drug-likeness (QED) is 0.327. The molecule has 0 spiro atoms. The Hall–Kier alpha value is -2.27. The maximum absolute atomic E-state index is 6.02. The smallest absolute Gasteiger partial charge is 0.125 e. The topological polar surface area (TPSA) is 40.0 Å². The number of nitrogens with zero attached hydrogens (tertiary/aromatic N) is 1. The van der Waals surface area contributed by atoms with Crippen LogP contribution in [0.1, 0.15) is 41.7 Å². The molecule has 0 saturated carbocycles. The van der Waals surface area contributed by atoms with Crippen LogP contribution in [-0.4, -0.2) is 19.9 Å². The summed E-state index contributed by atoms with van der Waals surface area (Å²) in [6.07, 6.45) is 5.65. The Kier molecular flexibility index (Phi) is 10.2. The third-order valence-corrected chi connectivity index (χ3v) is 4.34. The van der Waals surface area contributed by atoms with Crippen LogP contribution >= 0.6 is 11.3 Å². The summed E-state index contributed by atoms with van der Waals surface area (Å²) in [5, 5.41) is 3.77. The van der Waals surface area contributed by atoms with Gasteiger partial charge in [-0.05, 0) is 56.2 Å². The van der Waals surface area contributed by atoms with Crippen LogP contribution in [0.15, 0.2) is 41.6 Å². The van der Waals surface area contributed by atoms with E-state index >= 15 is 0 Å². The fourth-order valence-corrected chi connectivity index (χ4v) is 3.04. The van der Waals surface area contributed by atoms with E-state index < -0.39 is 0 Å². The van der Waals surface area contributed by atoms with E-state index in [9.17, 15) is 0 Å². The van der Waals surface area contributed by atoms with Crippen molar-refractivity contribution in [2.24, 2.45) is 5.16 Å². The van der Waals surface area contributed by atoms with Crippen LogP contribution in [0.3, 0.4) is 0 Å². The lowest BCUT2D eigenvalue weighted by Crippen LogP contribution is -1.99. The van der Waals surface area contributed by atoms with Gasteiger partial charge in [0.15, 0.2) is 0 Å². The van der Waals surface area contributed by atoms with Gasteiger partial charge in [-0.15, -0.1) is 11.3 Å². The molecule has 0 saturated heterocycles. The van der Waals surface area contributed by atoms with E-state index in [-0.39, 0.29) is 0 Å². The second kappa shape index (κ2) is 12.1. The Balaban J connectivity index is 0.00000163. The number of oxime groups is 1. The Morgan fingerprint density at radius 2 is 1.77 bits per heavy atom. The summed E-state index contributed by atoms with van der Waals surface area (Å²) < 4.78 is 11.7. The molecule has 0 aliphatic rings. The van der Waals surface area contributed by atoms with Gasteiger partial charge in [0.05, 0.1) is 6.21 Å². The summed E-state index contributed by atoms with van der Waals surface area (Å²) in [7, 11) is 1.53. The first-order chi connectivity index (χ1) is 12.6. The summed E-state index contributed by atoms with van der Waals surface area (Å²) >= 11 is 1.63. The fourth-order valence-electron chi connectivity index (χ4n) is 2.25. The summed E-state index contributed by atoms with van der Waals surface area (Å²) in [4.78, 5) is 6.87. The van der Waals surface area contributed by atoms with Crippen LogP contribution in [0.5, 0.6) is 11.5 Å². The molecule has 0 fully saturated rings. The van der Waals surface area contributed by atoms with Crippen molar-refractivity contribution >= 4 is 17.6 Å². The summed E-state index contributed by atoms with van der Waals surface area (Å²) in [5.41, 5.74) is 2.14. The van der Waals surface area contributed by atoms with Crippen molar-refractivity contribution in [2.75, 3.05) is 13.7 Å². The van der Waals surface area contributed by atoms with Crippen molar-refractivity contribution in [3.8, 4) is 11.5 Å². The lowest BCUT2D eigenvalue weighted by atomic mass is 10.1. The third-order valence-electron chi connectivity index (χ3n) is 3.34. The minimum absolute atomic E-state index is 0.534. The van der Waals surface area contributed by atoms with Gasteiger partial charge < -0.3 is 14.3 Å². The molecule has 2 rings (SSSR count). The molecule has 0 amide bonds. The molecular formula is C21H29NO3S. The van der Waals surface area contributed by atoms with Crippen molar-refractivity contribution < 1.29 is 14.3 Å². The molecule has 0 radical (unpaired) electrons. The summed E-state index contributed by atoms with van der Waals surface area (Å²) in [5.74, 6) is 1.78. The molecule has 1 aromatic carbocycles. The molecule has 0 N–H and O–H groups in total. The SMILES string of the molecule is C/C=C/COc1cc(C)c(OCc2ccc(C=NOC)s2)c(C)c1.CC. The fraction of sp³-hybridized carbons (Fsp3) is 0.381. The molecule has 0 aliphatic heterocycles. The van der Waals surface area contributed by atoms with Crippen LogP contribution in [0.4, 0.5) is 0 Å². The van der Waals surface area contributed by atoms with Gasteiger partial charge in [-0.25, -0.2) is 0 Å². The number of aryl methyl sites for hydroxylation is 2. The molecule has 1 heterocycles. The summed E-state index contributed by atoms with van der Waals surface area (Å²) in [6, 6.07) is 8.07. The monoisotopic (exact) mass is 375 g/mol. The van der Waals surface area contributed by atoms with Gasteiger partial charge in [-0.3, -0.25) is 0 Å². The van der Waals surface area contributed by atoms with E-state index in [0.717, 1.165) is 32.4 Å². The van der Waals surface area contributed by atoms with E-state index in [0.29, 0.717) is 13.2 Å². The Bertz CT molecular complexity index is 697. The van der Waals surface area contributed by atoms with Crippen molar-refractivity contribution in [1.29, 1.82) is 0 Å². The molecule has 5 heteroatoms. The number of thiophene rings is 1. The molecule has 0 aliphatic carbocycles. The first-order valence-corrected chi connectivity index (χ1v) is 9.59. The number of ether oxygens (including phenoxy) is 2. The minimum atomic E-state index is 0.534. The first kappa shape index (κ1) is 21.8. The average Bonchev–Trinajstić information content (AvgIpc) is 3.09. The highest BCUT2D eigenvalue weighted by Crippen LogP contribution is 2.29. The minimum Gasteiger partial charge on any atom is -0.490 e. The van der Waals surface area contributed by atoms with Crippen molar-refractivity contribution in [3.63, 3.8) is 0 Å². The maximum Gasteiger partial charge on any atom is 0.125 e. The highest BCUT2D eigenvalue weighted by atomic mass is 32.1. The van der Waals surface area contributed by atoms with E-state index in [4.69, 9.17) is 14.3 Å². The molecule has 26 heavy (non-hydrogen) atoms. The van der Waals surface area contributed by atoms with E-state index in [1.165, 1.54) is 7.11 Å². The van der Waals surface area contributed by atoms with Gasteiger partial charge in [0.1, 0.15) is 31.8 Å². The predicted octanol–water partition coefficient (Wildman–Crippen LogP) is 5.91. The maximum atomic E-state index is 6.02. The van der Waals surface area contributed by atoms with Crippen LogP contribution in [0.25, 0.3) is 0 Å². The highest BCUT2D eigenvalue weighted by molar-refractivity contribution is 7.13. The number of rotatable bonds is 8. The number of benzene rings is 1. The highest BCUT2D eigenvalue weighted by Gasteiger charge is 2.08. The molecule has 2 aromatic rings. The first-order valence-electron chi connectivity index (χ1n) is 8.77. The second-order valence-corrected chi connectivity index (χ2v) is 6.48. The zero-order valence-corrected chi connectivity index (χ0v) is 17.4. The molecule has 1 aromatic heterocycles. The van der Waals surface area contributed by atoms with Crippen LogP contribution in [0.2, 0.25) is 0 Å². The molecular weight excluding hydrogens is 346 g/mol. The zero-order chi connectivity index (χ0) is 19.4. The second-order valence-electron chi connectivity index (χ2n) is 5.28. The standard InChI is InChI=1S/C19H23NO3S.C2H6/c1-5-6-9-22-16-10-14(2)19(15(3)11-16)23-13-18-8-7-17(24-18)12-20-21-4;1-2/h5-8,10-12H,9,13H2,1-4H3;1-2H3/b6-5+,20-12?;. The molecule has 0 atom stereocenters. The molecule has 142 valence electrons. The van der Waals surface area contributed by atoms with Crippen LogP contribution in [0, 0.1) is 13.8 Å². The van der Waals surface area contributed by atoms with E-state index in [1.54, 1.807) is 17.6 Å². The van der Waals surface area contributed by atoms with Gasteiger partial charge in [-0.1, -0.05) is 31.2 Å². The normalized spacial score (nSPS) is 10.7. The van der Waals surface area contributed by atoms with Crippen LogP contribution < -0.4 is 9.47 Å². The van der Waals surface area contributed by atoms with E-state index in [1.807, 2.05) is 71.0 Å². The van der Waals surface area contributed by atoms with Crippen molar-refractivity contribution in [2.45, 2.75) is 41.2 Å². The Morgan fingerprint density at radius 1 is 1.08 bits per heavy atom. The lowest BCUT2D eigenvalue weighted by Gasteiger charge is -2.14. The van der Waals surface area contributed by atoms with Gasteiger partial charge in [0.2, 0.25) is 0 Å². The largest absolute Gasteiger partial charge is 0.490 e. The predicted molar refractivity (Wildman–Crippen MR) is 111 cm³/mol. The lowest BCUT2D eigenvalue weighted by molar-refractivity contribution is 0.215. The van der Waals surface area contributed by atoms with Gasteiger partial charge in [-0.2, -0.15) is 0 Å². The average molecular weight is 376 g/mol. The van der Waals surface area contributed by atoms with Gasteiger partial charge >= 0.3 is 0 Å². The number of allylic oxidation sites excluding steroid dienone is 1. The molecule has 4 nitrogen and oxygen atoms in total. The van der Waals surface area contributed by atoms with Gasteiger partial charge in [0.25, 0.3) is 0 Å². The van der Waals surface area contributed by atoms with Gasteiger partial charge in [0, 0.05) is 9.75 Å². The van der Waals surface area contributed by atoms with Crippen molar-refractivity contribution in [3.05, 3.63) is 57.3 Å². The summed E-state index contributed by atoms with van der Waals surface area (Å²) in [6.45, 7) is 11.2. The molecule has 0 bridgehead atoms. The Labute approximate surface area is 161 Å². The Morgan fingerprint density at radius 3 is 2.38 bits per heavy atom. The van der Waals surface area contributed by atoms with E-state index in [2.05, 4.69) is 5.16 Å². The molecule has 0 unspecified atom stereocenters. The third kappa shape index (κ3) is 6.92. The zero-order valence-electron chi connectivity index (χ0n) is 16.5.